The van der Waals surface area contributed by atoms with Crippen LogP contribution in [0, 0.1) is 11.8 Å². The Bertz CT molecular complexity index is 532. The average molecular weight is 266 g/mol. The van der Waals surface area contributed by atoms with Gasteiger partial charge >= 0.3 is 11.9 Å². The first-order valence-electron chi connectivity index (χ1n) is 5.06. The van der Waals surface area contributed by atoms with Crippen molar-refractivity contribution < 1.29 is 24.2 Å². The molecule has 1 N–H and O–H groups in total. The summed E-state index contributed by atoms with van der Waals surface area (Å²) in [6, 6.07) is 3.03. The third-order valence-electron chi connectivity index (χ3n) is 1.74. The van der Waals surface area contributed by atoms with Gasteiger partial charge < -0.3 is 9.84 Å². The molecule has 0 aliphatic heterocycles. The molecule has 0 unspecified atom stereocenters. The number of Topliss-reactive ketones (excluding diaryl/α,β-unsaturated/α-hetero) is 1. The maximum Gasteiger partial charge on any atom is 0.380 e. The summed E-state index contributed by atoms with van der Waals surface area (Å²) in [5.41, 5.74) is 0. The van der Waals surface area contributed by atoms with Crippen molar-refractivity contribution in [1.29, 1.82) is 0 Å². The van der Waals surface area contributed by atoms with Gasteiger partial charge in [-0.05, 0) is 19.1 Å². The predicted molar refractivity (Wildman–Crippen MR) is 64.4 cm³/mol. The van der Waals surface area contributed by atoms with E-state index in [1.54, 1.807) is 13.0 Å². The van der Waals surface area contributed by atoms with Crippen LogP contribution in [0.1, 0.15) is 27.9 Å². The Morgan fingerprint density at radius 2 is 2.11 bits per heavy atom. The third-order valence-corrected chi connectivity index (χ3v) is 2.74. The fourth-order valence-electron chi connectivity index (χ4n) is 1.03. The summed E-state index contributed by atoms with van der Waals surface area (Å²) in [4.78, 5) is 33.7. The Morgan fingerprint density at radius 1 is 1.39 bits per heavy atom. The number of ether oxygens (including phenoxy) is 1. The molecule has 5 nitrogen and oxygen atoms in total. The third kappa shape index (κ3) is 4.03. The van der Waals surface area contributed by atoms with E-state index in [0.29, 0.717) is 4.88 Å². The second-order valence-corrected chi connectivity index (χ2v) is 4.17. The minimum Gasteiger partial charge on any atom is -0.481 e. The number of carbonyl (C=O) groups is 3. The van der Waals surface area contributed by atoms with Crippen LogP contribution in [0.4, 0.5) is 0 Å². The van der Waals surface area contributed by atoms with Crippen LogP contribution in [0.3, 0.4) is 0 Å². The average Bonchev–Trinajstić information content (AvgIpc) is 2.76. The maximum absolute atomic E-state index is 11.5. The van der Waals surface area contributed by atoms with Crippen LogP contribution in [-0.2, 0) is 14.3 Å². The van der Waals surface area contributed by atoms with Crippen molar-refractivity contribution in [3.05, 3.63) is 21.9 Å². The minimum absolute atomic E-state index is 0.140. The van der Waals surface area contributed by atoms with Crippen LogP contribution >= 0.6 is 11.3 Å². The van der Waals surface area contributed by atoms with Crippen LogP contribution in [-0.4, -0.2) is 29.4 Å². The van der Waals surface area contributed by atoms with E-state index in [2.05, 4.69) is 16.6 Å². The fourth-order valence-corrected chi connectivity index (χ4v) is 1.84. The van der Waals surface area contributed by atoms with E-state index in [1.165, 1.54) is 6.07 Å². The largest absolute Gasteiger partial charge is 0.481 e. The maximum atomic E-state index is 11.5. The molecule has 1 aromatic rings. The number of aliphatic carboxylic acids is 1. The number of hydrogen-bond donors (Lipinski definition) is 1. The number of ketones is 1. The van der Waals surface area contributed by atoms with Crippen molar-refractivity contribution in [3.8, 4) is 11.8 Å². The van der Waals surface area contributed by atoms with Crippen LogP contribution < -0.4 is 0 Å². The van der Waals surface area contributed by atoms with E-state index in [9.17, 15) is 14.4 Å². The molecule has 18 heavy (non-hydrogen) atoms. The molecule has 0 aromatic carbocycles. The lowest BCUT2D eigenvalue weighted by atomic mass is 10.3. The molecule has 0 bridgehead atoms. The smallest absolute Gasteiger partial charge is 0.380 e. The van der Waals surface area contributed by atoms with Gasteiger partial charge in [0, 0.05) is 0 Å². The lowest BCUT2D eigenvalue weighted by molar-refractivity contribution is -0.137. The molecule has 6 heteroatoms. The lowest BCUT2D eigenvalue weighted by Crippen LogP contribution is -2.16. The molecule has 1 heterocycles. The van der Waals surface area contributed by atoms with Crippen LogP contribution in [0.5, 0.6) is 0 Å². The Labute approximate surface area is 107 Å². The summed E-state index contributed by atoms with van der Waals surface area (Å²) in [6.45, 7) is 1.75. The number of esters is 1. The quantitative estimate of drug-likeness (QED) is 0.385. The van der Waals surface area contributed by atoms with E-state index in [-0.39, 0.29) is 17.9 Å². The molecule has 0 amide bonds. The first-order chi connectivity index (χ1) is 8.54. The minimum atomic E-state index is -1.01. The SMILES string of the molecule is CCOC(=O)C(=O)c1ccc(C#CCC(=O)O)s1. The molecule has 0 saturated carbocycles. The second kappa shape index (κ2) is 6.57. The van der Waals surface area contributed by atoms with E-state index >= 15 is 0 Å². The molecular formula is C12H10O5S. The van der Waals surface area contributed by atoms with Crippen molar-refractivity contribution in [3.63, 3.8) is 0 Å². The van der Waals surface area contributed by atoms with Gasteiger partial charge in [0.05, 0.1) is 16.4 Å². The zero-order valence-corrected chi connectivity index (χ0v) is 10.4. The van der Waals surface area contributed by atoms with E-state index < -0.39 is 17.7 Å². The van der Waals surface area contributed by atoms with Crippen molar-refractivity contribution in [2.45, 2.75) is 13.3 Å². The number of carboxylic acid groups (broad SMARTS) is 1. The molecular weight excluding hydrogens is 256 g/mol. The normalized spacial score (nSPS) is 9.17. The molecule has 0 radical (unpaired) electrons. The summed E-state index contributed by atoms with van der Waals surface area (Å²) in [5.74, 6) is 2.42. The van der Waals surface area contributed by atoms with Crippen LogP contribution in [0.2, 0.25) is 0 Å². The van der Waals surface area contributed by atoms with Crippen molar-refractivity contribution in [2.24, 2.45) is 0 Å². The Hall–Kier alpha value is -2.13. The van der Waals surface area contributed by atoms with Crippen molar-refractivity contribution in [1.82, 2.24) is 0 Å². The van der Waals surface area contributed by atoms with Gasteiger partial charge in [0.15, 0.2) is 0 Å². The first kappa shape index (κ1) is 13.9. The van der Waals surface area contributed by atoms with E-state index in [4.69, 9.17) is 5.11 Å². The zero-order chi connectivity index (χ0) is 13.5. The summed E-state index contributed by atoms with van der Waals surface area (Å²) in [7, 11) is 0. The highest BCUT2D eigenvalue weighted by Gasteiger charge is 2.18. The van der Waals surface area contributed by atoms with E-state index in [0.717, 1.165) is 11.3 Å². The van der Waals surface area contributed by atoms with Gasteiger partial charge in [-0.15, -0.1) is 11.3 Å². The molecule has 0 saturated heterocycles. The van der Waals surface area contributed by atoms with Gasteiger partial charge in [0.25, 0.3) is 5.78 Å². The molecule has 1 rings (SSSR count). The predicted octanol–water partition coefficient (Wildman–Crippen LogP) is 1.32. The van der Waals surface area contributed by atoms with Gasteiger partial charge in [0.1, 0.15) is 6.42 Å². The first-order valence-corrected chi connectivity index (χ1v) is 5.88. The summed E-state index contributed by atoms with van der Waals surface area (Å²) < 4.78 is 4.58. The van der Waals surface area contributed by atoms with Gasteiger partial charge in [-0.2, -0.15) is 0 Å². The standard InChI is InChI=1S/C12H10O5S/c1-2-17-12(16)11(15)9-7-6-8(18-9)4-3-5-10(13)14/h6-7H,2,5H2,1H3,(H,13,14). The highest BCUT2D eigenvalue weighted by molar-refractivity contribution is 7.15. The second-order valence-electron chi connectivity index (χ2n) is 3.09. The summed E-state index contributed by atoms with van der Waals surface area (Å²) in [5, 5.41) is 8.40. The molecule has 0 fully saturated rings. The summed E-state index contributed by atoms with van der Waals surface area (Å²) in [6.07, 6.45) is -0.265. The zero-order valence-electron chi connectivity index (χ0n) is 9.56. The topological polar surface area (TPSA) is 80.7 Å². The molecule has 0 aliphatic rings. The van der Waals surface area contributed by atoms with Crippen molar-refractivity contribution in [2.75, 3.05) is 6.61 Å². The lowest BCUT2D eigenvalue weighted by Gasteiger charge is -1.97. The Kier molecular flexibility index (Phi) is 5.08. The van der Waals surface area contributed by atoms with Gasteiger partial charge in [0.2, 0.25) is 0 Å². The molecule has 0 spiro atoms. The number of hydrogen-bond acceptors (Lipinski definition) is 5. The highest BCUT2D eigenvalue weighted by atomic mass is 32.1. The van der Waals surface area contributed by atoms with Gasteiger partial charge in [-0.3, -0.25) is 9.59 Å². The number of carboxylic acids is 1. The summed E-state index contributed by atoms with van der Waals surface area (Å²) >= 11 is 1.03. The van der Waals surface area contributed by atoms with Gasteiger partial charge in [-0.1, -0.05) is 11.8 Å². The van der Waals surface area contributed by atoms with Crippen molar-refractivity contribution >= 4 is 29.1 Å². The van der Waals surface area contributed by atoms with E-state index in [1.807, 2.05) is 0 Å². The molecule has 94 valence electrons. The number of thiophene rings is 1. The number of rotatable bonds is 4. The number of carbonyl (C=O) groups excluding carboxylic acids is 2. The van der Waals surface area contributed by atoms with Crippen LogP contribution in [0.25, 0.3) is 0 Å². The Morgan fingerprint density at radius 3 is 2.72 bits per heavy atom. The van der Waals surface area contributed by atoms with Crippen LogP contribution in [0.15, 0.2) is 12.1 Å². The monoisotopic (exact) mass is 266 g/mol. The van der Waals surface area contributed by atoms with Gasteiger partial charge in [-0.25, -0.2) is 4.79 Å². The Balaban J connectivity index is 2.73. The highest BCUT2D eigenvalue weighted by Crippen LogP contribution is 2.16. The molecule has 1 aromatic heterocycles. The fraction of sp³-hybridized carbons (Fsp3) is 0.250. The molecule has 0 aliphatic carbocycles. The molecule has 0 atom stereocenters.